The van der Waals surface area contributed by atoms with Gasteiger partial charge >= 0.3 is 6.03 Å². The van der Waals surface area contributed by atoms with Gasteiger partial charge in [0.2, 0.25) is 0 Å². The first-order valence-electron chi connectivity index (χ1n) is 12.0. The Kier molecular flexibility index (Phi) is 5.79. The molecule has 2 aromatic carbocycles. The molecule has 4 aromatic rings. The van der Waals surface area contributed by atoms with Crippen LogP contribution in [0.3, 0.4) is 0 Å². The molecule has 3 amide bonds. The summed E-state index contributed by atoms with van der Waals surface area (Å²) in [6, 6.07) is 18.2. The number of thiophene rings is 1. The lowest BCUT2D eigenvalue weighted by molar-refractivity contribution is 0.0926. The van der Waals surface area contributed by atoms with Gasteiger partial charge in [-0.3, -0.25) is 9.69 Å². The Morgan fingerprint density at radius 3 is 2.58 bits per heavy atom. The predicted octanol–water partition coefficient (Wildman–Crippen LogP) is 5.77. The van der Waals surface area contributed by atoms with Crippen LogP contribution in [0.25, 0.3) is 10.2 Å². The van der Waals surface area contributed by atoms with Crippen LogP contribution in [-0.4, -0.2) is 29.0 Å². The molecule has 2 aliphatic rings. The van der Waals surface area contributed by atoms with Gasteiger partial charge in [0.05, 0.1) is 22.4 Å². The van der Waals surface area contributed by atoms with Crippen LogP contribution in [0, 0.1) is 0 Å². The van der Waals surface area contributed by atoms with E-state index in [1.165, 1.54) is 11.3 Å². The predicted molar refractivity (Wildman–Crippen MR) is 141 cm³/mol. The van der Waals surface area contributed by atoms with Crippen LogP contribution in [0.4, 0.5) is 21.9 Å². The number of nitrogens with zero attached hydrogens (tertiary/aromatic N) is 2. The van der Waals surface area contributed by atoms with Gasteiger partial charge in [-0.15, -0.1) is 11.3 Å². The average molecular weight is 500 g/mol. The molecule has 8 nitrogen and oxygen atoms in total. The summed E-state index contributed by atoms with van der Waals surface area (Å²) < 4.78 is 5.88. The Bertz CT molecular complexity index is 1440. The summed E-state index contributed by atoms with van der Waals surface area (Å²) in [5.74, 6) is 1.18. The largest absolute Gasteiger partial charge is 0.457 e. The molecule has 182 valence electrons. The molecule has 1 saturated carbocycles. The molecule has 4 N–H and O–H groups in total. The fourth-order valence-corrected chi connectivity index (χ4v) is 5.88. The van der Waals surface area contributed by atoms with E-state index in [2.05, 4.69) is 15.6 Å². The number of amides is 3. The number of ether oxygens (including phenoxy) is 1. The maximum Gasteiger partial charge on any atom is 0.331 e. The molecule has 0 spiro atoms. The van der Waals surface area contributed by atoms with Gasteiger partial charge in [0, 0.05) is 18.3 Å². The number of hydrogen-bond acceptors (Lipinski definition) is 6. The van der Waals surface area contributed by atoms with E-state index in [1.54, 1.807) is 17.2 Å². The molecule has 0 bridgehead atoms. The lowest BCUT2D eigenvalue weighted by Gasteiger charge is -2.30. The minimum absolute atomic E-state index is 0.0546. The van der Waals surface area contributed by atoms with E-state index < -0.39 is 0 Å². The van der Waals surface area contributed by atoms with Crippen molar-refractivity contribution in [1.29, 1.82) is 0 Å². The molecule has 9 heteroatoms. The van der Waals surface area contributed by atoms with Gasteiger partial charge in [0.15, 0.2) is 0 Å². The number of hydrogen-bond donors (Lipinski definition) is 3. The quantitative estimate of drug-likeness (QED) is 0.323. The molecule has 1 aliphatic heterocycles. The van der Waals surface area contributed by atoms with Gasteiger partial charge in [0.25, 0.3) is 5.91 Å². The first kappa shape index (κ1) is 22.5. The highest BCUT2D eigenvalue weighted by molar-refractivity contribution is 7.21. The number of rotatable bonds is 5. The summed E-state index contributed by atoms with van der Waals surface area (Å²) in [5.41, 5.74) is 8.10. The number of carbonyl (C=O) groups excluding carboxylic acids is 2. The highest BCUT2D eigenvalue weighted by atomic mass is 32.1. The van der Waals surface area contributed by atoms with Crippen molar-refractivity contribution in [3.05, 3.63) is 71.7 Å². The summed E-state index contributed by atoms with van der Waals surface area (Å²) in [4.78, 5) is 33.7. The number of benzene rings is 2. The molecule has 3 heterocycles. The SMILES string of the molecule is N[C@@H]1CCCC[C@@H]1NC(=O)c1sc2nccc3c2c1NC(=O)N3c1ccc(Oc2ccccc2)cc1. The number of anilines is 3. The number of para-hydroxylation sites is 1. The van der Waals surface area contributed by atoms with Gasteiger partial charge < -0.3 is 21.1 Å². The van der Waals surface area contributed by atoms with E-state index in [4.69, 9.17) is 10.5 Å². The standard InChI is InChI=1S/C27H25N5O3S/c28-19-8-4-5-9-20(19)30-25(33)24-23-22-21(14-15-29-26(22)36-24)32(27(34)31-23)16-10-12-18(13-11-16)35-17-6-2-1-3-7-17/h1-3,6-7,10-15,19-20H,4-5,8-9,28H2,(H,30,33)(H,31,34)/t19-,20+/m1/s1. The van der Waals surface area contributed by atoms with E-state index in [0.717, 1.165) is 36.8 Å². The van der Waals surface area contributed by atoms with Crippen LogP contribution < -0.4 is 26.0 Å². The van der Waals surface area contributed by atoms with Crippen LogP contribution in [0.5, 0.6) is 11.5 Å². The van der Waals surface area contributed by atoms with Gasteiger partial charge in [-0.2, -0.15) is 0 Å². The summed E-state index contributed by atoms with van der Waals surface area (Å²) in [6.45, 7) is 0. The van der Waals surface area contributed by atoms with E-state index in [-0.39, 0.29) is 24.0 Å². The number of urea groups is 1. The van der Waals surface area contributed by atoms with Crippen molar-refractivity contribution < 1.29 is 14.3 Å². The topological polar surface area (TPSA) is 110 Å². The number of nitrogens with one attached hydrogen (secondary N) is 2. The van der Waals surface area contributed by atoms with Crippen LogP contribution >= 0.6 is 11.3 Å². The van der Waals surface area contributed by atoms with Gasteiger partial charge in [-0.1, -0.05) is 31.0 Å². The number of nitrogens with two attached hydrogens (primary N) is 1. The zero-order valence-electron chi connectivity index (χ0n) is 19.4. The second-order valence-electron chi connectivity index (χ2n) is 9.02. The van der Waals surface area contributed by atoms with Gasteiger partial charge in [-0.25, -0.2) is 9.78 Å². The molecule has 1 fully saturated rings. The van der Waals surface area contributed by atoms with E-state index in [1.807, 2.05) is 54.6 Å². The highest BCUT2D eigenvalue weighted by Crippen LogP contribution is 2.46. The highest BCUT2D eigenvalue weighted by Gasteiger charge is 2.33. The molecule has 0 saturated heterocycles. The van der Waals surface area contributed by atoms with Crippen LogP contribution in [0.1, 0.15) is 35.4 Å². The van der Waals surface area contributed by atoms with Crippen molar-refractivity contribution in [3.63, 3.8) is 0 Å². The monoisotopic (exact) mass is 499 g/mol. The third-order valence-corrected chi connectivity index (χ3v) is 7.76. The molecule has 36 heavy (non-hydrogen) atoms. The molecule has 0 radical (unpaired) electrons. The molecule has 6 rings (SSSR count). The van der Waals surface area contributed by atoms with Crippen molar-refractivity contribution in [3.8, 4) is 11.5 Å². The Balaban J connectivity index is 1.31. The summed E-state index contributed by atoms with van der Waals surface area (Å²) in [7, 11) is 0. The normalized spacial score (nSPS) is 19.1. The first-order chi connectivity index (χ1) is 17.6. The van der Waals surface area contributed by atoms with E-state index in [0.29, 0.717) is 32.5 Å². The fraction of sp³-hybridized carbons (Fsp3) is 0.222. The first-order valence-corrected chi connectivity index (χ1v) is 12.8. The number of aromatic nitrogens is 1. The van der Waals surface area contributed by atoms with Crippen molar-refractivity contribution in [2.45, 2.75) is 37.8 Å². The third kappa shape index (κ3) is 4.06. The van der Waals surface area contributed by atoms with Crippen molar-refractivity contribution in [1.82, 2.24) is 10.3 Å². The second kappa shape index (κ2) is 9.25. The Hall–Kier alpha value is -3.95. The average Bonchev–Trinajstić information content (AvgIpc) is 3.26. The maximum atomic E-state index is 13.3. The second-order valence-corrected chi connectivity index (χ2v) is 10.0. The lowest BCUT2D eigenvalue weighted by Crippen LogP contribution is -2.49. The molecular weight excluding hydrogens is 474 g/mol. The molecule has 0 unspecified atom stereocenters. The van der Waals surface area contributed by atoms with Crippen LogP contribution in [0.2, 0.25) is 0 Å². The molecule has 1 aliphatic carbocycles. The molecule has 2 atom stereocenters. The Morgan fingerprint density at radius 2 is 1.81 bits per heavy atom. The maximum absolute atomic E-state index is 13.3. The van der Waals surface area contributed by atoms with E-state index >= 15 is 0 Å². The van der Waals surface area contributed by atoms with Crippen molar-refractivity contribution in [2.24, 2.45) is 5.73 Å². The Morgan fingerprint density at radius 1 is 1.06 bits per heavy atom. The van der Waals surface area contributed by atoms with Crippen LogP contribution in [0.15, 0.2) is 66.9 Å². The van der Waals surface area contributed by atoms with E-state index in [9.17, 15) is 9.59 Å². The summed E-state index contributed by atoms with van der Waals surface area (Å²) in [6.07, 6.45) is 5.55. The number of pyridine rings is 1. The fourth-order valence-electron chi connectivity index (χ4n) is 4.86. The zero-order valence-corrected chi connectivity index (χ0v) is 20.3. The van der Waals surface area contributed by atoms with Gasteiger partial charge in [0.1, 0.15) is 21.2 Å². The third-order valence-electron chi connectivity index (χ3n) is 6.66. The smallest absolute Gasteiger partial charge is 0.331 e. The summed E-state index contributed by atoms with van der Waals surface area (Å²) >= 11 is 1.28. The summed E-state index contributed by atoms with van der Waals surface area (Å²) in [5, 5.41) is 6.78. The minimum Gasteiger partial charge on any atom is -0.457 e. The number of carbonyl (C=O) groups is 2. The van der Waals surface area contributed by atoms with Crippen LogP contribution in [-0.2, 0) is 0 Å². The van der Waals surface area contributed by atoms with Crippen molar-refractivity contribution in [2.75, 3.05) is 10.2 Å². The molecular formula is C27H25N5O3S. The Labute approximate surface area is 212 Å². The van der Waals surface area contributed by atoms with Crippen molar-refractivity contribution >= 4 is 50.6 Å². The minimum atomic E-state index is -0.339. The zero-order chi connectivity index (χ0) is 24.6. The lowest BCUT2D eigenvalue weighted by atomic mass is 9.91. The van der Waals surface area contributed by atoms with Gasteiger partial charge in [-0.05, 0) is 55.3 Å². The molecule has 2 aromatic heterocycles.